The lowest BCUT2D eigenvalue weighted by Gasteiger charge is -2.18. The molecule has 1 aromatic heterocycles. The molecule has 0 amide bonds. The van der Waals surface area contributed by atoms with Crippen molar-refractivity contribution < 1.29 is 9.53 Å². The number of hydrogen-bond acceptors (Lipinski definition) is 3. The molecule has 0 saturated carbocycles. The Morgan fingerprint density at radius 2 is 1.95 bits per heavy atom. The van der Waals surface area contributed by atoms with Gasteiger partial charge in [-0.1, -0.05) is 25.7 Å². The Hall–Kier alpha value is -0.873. The summed E-state index contributed by atoms with van der Waals surface area (Å²) >= 11 is 1.88. The highest BCUT2D eigenvalue weighted by Gasteiger charge is 2.24. The molecule has 1 aromatic rings. The monoisotopic (exact) mass is 308 g/mol. The lowest BCUT2D eigenvalue weighted by atomic mass is 9.91. The summed E-state index contributed by atoms with van der Waals surface area (Å²) < 4.78 is 6.73. The van der Waals surface area contributed by atoms with Crippen LogP contribution in [0, 0.1) is 0 Å². The molecule has 4 heteroatoms. The lowest BCUT2D eigenvalue weighted by molar-refractivity contribution is -0.138. The minimum Gasteiger partial charge on any atom is -0.463 e. The largest absolute Gasteiger partial charge is 0.463 e. The standard InChI is InChI=1S/C16H24O2SSi/c1-5-18-16(17)13-9-7-6-8-12(13)14-10-11-15(19-14)20(2,3)4/h10-11H,5-9H2,1-4H3. The second kappa shape index (κ2) is 6.27. The molecule has 1 aliphatic carbocycles. The van der Waals surface area contributed by atoms with E-state index in [0.29, 0.717) is 6.61 Å². The number of esters is 1. The van der Waals surface area contributed by atoms with Crippen LogP contribution < -0.4 is 4.50 Å². The number of hydrogen-bond donors (Lipinski definition) is 0. The van der Waals surface area contributed by atoms with E-state index < -0.39 is 8.07 Å². The van der Waals surface area contributed by atoms with Gasteiger partial charge in [0.1, 0.15) is 0 Å². The fraction of sp³-hybridized carbons (Fsp3) is 0.562. The molecule has 0 aromatic carbocycles. The lowest BCUT2D eigenvalue weighted by Crippen LogP contribution is -2.34. The first-order valence-corrected chi connectivity index (χ1v) is 11.7. The first kappa shape index (κ1) is 15.5. The van der Waals surface area contributed by atoms with Crippen LogP contribution in [0.4, 0.5) is 0 Å². The van der Waals surface area contributed by atoms with Gasteiger partial charge in [-0.2, -0.15) is 0 Å². The van der Waals surface area contributed by atoms with Crippen molar-refractivity contribution in [1.82, 2.24) is 0 Å². The SMILES string of the molecule is CCOC(=O)C1=C(c2ccc([Si](C)(C)C)s2)CCCC1. The topological polar surface area (TPSA) is 26.3 Å². The van der Waals surface area contributed by atoms with Gasteiger partial charge in [0, 0.05) is 10.5 Å². The predicted octanol–water partition coefficient (Wildman–Crippen LogP) is 4.18. The van der Waals surface area contributed by atoms with Crippen LogP contribution in [-0.2, 0) is 9.53 Å². The van der Waals surface area contributed by atoms with Gasteiger partial charge in [-0.25, -0.2) is 4.79 Å². The Bertz CT molecular complexity index is 523. The van der Waals surface area contributed by atoms with E-state index in [1.807, 2.05) is 18.3 Å². The fourth-order valence-corrected chi connectivity index (χ4v) is 5.52. The van der Waals surface area contributed by atoms with Crippen LogP contribution in [0.1, 0.15) is 37.5 Å². The molecule has 1 heterocycles. The first-order valence-electron chi connectivity index (χ1n) is 7.43. The second-order valence-corrected chi connectivity index (χ2v) is 12.8. The van der Waals surface area contributed by atoms with Crippen LogP contribution in [0.25, 0.3) is 5.57 Å². The molecule has 2 rings (SSSR count). The second-order valence-electron chi connectivity index (χ2n) is 6.30. The summed E-state index contributed by atoms with van der Waals surface area (Å²) in [5, 5.41) is 0. The maximum atomic E-state index is 12.1. The number of ether oxygens (including phenoxy) is 1. The Morgan fingerprint density at radius 3 is 2.55 bits per heavy atom. The molecule has 0 fully saturated rings. The highest BCUT2D eigenvalue weighted by atomic mass is 32.1. The molecule has 0 saturated heterocycles. The van der Waals surface area contributed by atoms with E-state index >= 15 is 0 Å². The first-order chi connectivity index (χ1) is 9.43. The van der Waals surface area contributed by atoms with E-state index in [1.165, 1.54) is 21.4 Å². The van der Waals surface area contributed by atoms with Crippen LogP contribution in [0.15, 0.2) is 17.7 Å². The number of rotatable bonds is 4. The Balaban J connectivity index is 2.36. The fourth-order valence-electron chi connectivity index (χ4n) is 2.52. The number of allylic oxidation sites excluding steroid dienone is 1. The number of carbonyl (C=O) groups excluding carboxylic acids is 1. The zero-order chi connectivity index (χ0) is 14.8. The third-order valence-corrected chi connectivity index (χ3v) is 8.38. The maximum Gasteiger partial charge on any atom is 0.334 e. The van der Waals surface area contributed by atoms with Crippen molar-refractivity contribution >= 4 is 35.5 Å². The Morgan fingerprint density at radius 1 is 1.25 bits per heavy atom. The Labute approximate surface area is 126 Å². The normalized spacial score (nSPS) is 16.4. The average Bonchev–Trinajstić information content (AvgIpc) is 2.88. The van der Waals surface area contributed by atoms with Gasteiger partial charge in [-0.3, -0.25) is 0 Å². The van der Waals surface area contributed by atoms with Gasteiger partial charge < -0.3 is 4.74 Å². The number of carbonyl (C=O) groups is 1. The third-order valence-electron chi connectivity index (χ3n) is 3.63. The summed E-state index contributed by atoms with van der Waals surface area (Å²) in [4.78, 5) is 13.4. The molecule has 110 valence electrons. The van der Waals surface area contributed by atoms with Crippen LogP contribution >= 0.6 is 11.3 Å². The summed E-state index contributed by atoms with van der Waals surface area (Å²) in [6.45, 7) is 9.42. The third kappa shape index (κ3) is 3.41. The molecule has 2 nitrogen and oxygen atoms in total. The van der Waals surface area contributed by atoms with E-state index in [1.54, 1.807) is 0 Å². The van der Waals surface area contributed by atoms with Crippen molar-refractivity contribution in [2.24, 2.45) is 0 Å². The van der Waals surface area contributed by atoms with Crippen LogP contribution in [0.5, 0.6) is 0 Å². The van der Waals surface area contributed by atoms with E-state index in [9.17, 15) is 4.79 Å². The molecule has 0 aliphatic heterocycles. The zero-order valence-electron chi connectivity index (χ0n) is 12.9. The van der Waals surface area contributed by atoms with Crippen LogP contribution in [0.2, 0.25) is 19.6 Å². The molecule has 0 bridgehead atoms. The molecule has 0 spiro atoms. The summed E-state index contributed by atoms with van der Waals surface area (Å²) in [5.74, 6) is -0.106. The summed E-state index contributed by atoms with van der Waals surface area (Å²) in [7, 11) is -1.26. The van der Waals surface area contributed by atoms with Gasteiger partial charge in [-0.15, -0.1) is 11.3 Å². The summed E-state index contributed by atoms with van der Waals surface area (Å²) in [6, 6.07) is 4.47. The molecular weight excluding hydrogens is 284 g/mol. The van der Waals surface area contributed by atoms with Gasteiger partial charge >= 0.3 is 5.97 Å². The van der Waals surface area contributed by atoms with E-state index in [-0.39, 0.29) is 5.97 Å². The molecule has 0 unspecified atom stereocenters. The van der Waals surface area contributed by atoms with E-state index in [0.717, 1.165) is 24.8 Å². The quantitative estimate of drug-likeness (QED) is 0.616. The van der Waals surface area contributed by atoms with Gasteiger partial charge in [-0.05, 0) is 48.7 Å². The molecule has 20 heavy (non-hydrogen) atoms. The van der Waals surface area contributed by atoms with Gasteiger partial charge in [0.25, 0.3) is 0 Å². The minimum atomic E-state index is -1.26. The van der Waals surface area contributed by atoms with Gasteiger partial charge in [0.2, 0.25) is 0 Å². The number of thiophene rings is 1. The summed E-state index contributed by atoms with van der Waals surface area (Å²) in [6.07, 6.45) is 4.16. The molecule has 1 aliphatic rings. The van der Waals surface area contributed by atoms with Crippen molar-refractivity contribution in [3.8, 4) is 0 Å². The summed E-state index contributed by atoms with van der Waals surface area (Å²) in [5.41, 5.74) is 2.16. The predicted molar refractivity (Wildman–Crippen MR) is 89.3 cm³/mol. The Kier molecular flexibility index (Phi) is 4.86. The van der Waals surface area contributed by atoms with Crippen molar-refractivity contribution in [3.63, 3.8) is 0 Å². The van der Waals surface area contributed by atoms with E-state index in [4.69, 9.17) is 4.74 Å². The molecule has 0 atom stereocenters. The highest BCUT2D eigenvalue weighted by Crippen LogP contribution is 2.35. The molecule has 0 N–H and O–H groups in total. The molecule has 0 radical (unpaired) electrons. The average molecular weight is 309 g/mol. The van der Waals surface area contributed by atoms with Crippen molar-refractivity contribution in [2.75, 3.05) is 6.61 Å². The van der Waals surface area contributed by atoms with E-state index in [2.05, 4.69) is 31.8 Å². The van der Waals surface area contributed by atoms with Crippen LogP contribution in [-0.4, -0.2) is 20.7 Å². The van der Waals surface area contributed by atoms with Crippen LogP contribution in [0.3, 0.4) is 0 Å². The smallest absolute Gasteiger partial charge is 0.334 e. The van der Waals surface area contributed by atoms with Crippen molar-refractivity contribution in [3.05, 3.63) is 22.6 Å². The molecular formula is C16H24O2SSi. The van der Waals surface area contributed by atoms with Crippen molar-refractivity contribution in [2.45, 2.75) is 52.2 Å². The highest BCUT2D eigenvalue weighted by molar-refractivity contribution is 7.27. The van der Waals surface area contributed by atoms with Gasteiger partial charge in [0.05, 0.1) is 14.7 Å². The van der Waals surface area contributed by atoms with Crippen molar-refractivity contribution in [1.29, 1.82) is 0 Å². The minimum absolute atomic E-state index is 0.106. The van der Waals surface area contributed by atoms with Gasteiger partial charge in [0.15, 0.2) is 0 Å². The maximum absolute atomic E-state index is 12.1. The zero-order valence-corrected chi connectivity index (χ0v) is 14.7.